The van der Waals surface area contributed by atoms with Crippen LogP contribution in [0.1, 0.15) is 31.4 Å². The molecular weight excluding hydrogens is 361 g/mol. The van der Waals surface area contributed by atoms with E-state index in [0.29, 0.717) is 17.9 Å². The molecule has 0 spiro atoms. The molecule has 2 rings (SSSR count). The van der Waals surface area contributed by atoms with E-state index in [-0.39, 0.29) is 0 Å². The molecule has 0 fully saturated rings. The molecule has 0 heterocycles. The van der Waals surface area contributed by atoms with Crippen LogP contribution < -0.4 is 4.74 Å². The molecule has 6 heteroatoms. The first-order chi connectivity index (χ1) is 12.1. The minimum atomic E-state index is -4.83. The Kier molecular flexibility index (Phi) is 6.39. The van der Waals surface area contributed by atoms with Gasteiger partial charge in [0.05, 0.1) is 0 Å². The van der Waals surface area contributed by atoms with Crippen molar-refractivity contribution in [2.75, 3.05) is 6.26 Å². The standard InChI is InChI=1S/C20H21F3O2S/c1-19(2,12-18(24)20(21,22)23)16-11-15(26-3)9-10-17(16)25-13-14-7-5-4-6-8-14/h4-11H,12-13H2,1-3H3. The molecule has 0 aliphatic heterocycles. The van der Waals surface area contributed by atoms with Crippen LogP contribution in [0.5, 0.6) is 5.75 Å². The van der Waals surface area contributed by atoms with Gasteiger partial charge < -0.3 is 4.74 Å². The second-order valence-corrected chi connectivity index (χ2v) is 7.50. The lowest BCUT2D eigenvalue weighted by atomic mass is 9.79. The van der Waals surface area contributed by atoms with Gasteiger partial charge in [0.15, 0.2) is 0 Å². The zero-order chi connectivity index (χ0) is 19.4. The van der Waals surface area contributed by atoms with Crippen LogP contribution in [0.4, 0.5) is 13.2 Å². The Morgan fingerprint density at radius 3 is 2.31 bits per heavy atom. The number of carbonyl (C=O) groups excluding carboxylic acids is 1. The normalized spacial score (nSPS) is 12.1. The molecule has 0 atom stereocenters. The number of hydrogen-bond donors (Lipinski definition) is 0. The van der Waals surface area contributed by atoms with E-state index < -0.39 is 23.8 Å². The van der Waals surface area contributed by atoms with Crippen molar-refractivity contribution in [3.63, 3.8) is 0 Å². The lowest BCUT2D eigenvalue weighted by molar-refractivity contribution is -0.172. The number of thioether (sulfide) groups is 1. The molecule has 0 aliphatic carbocycles. The lowest BCUT2D eigenvalue weighted by Crippen LogP contribution is -2.31. The molecule has 2 aromatic rings. The predicted octanol–water partition coefficient (Wildman–Crippen LogP) is 5.79. The smallest absolute Gasteiger partial charge is 0.450 e. The molecule has 0 unspecified atom stereocenters. The number of carbonyl (C=O) groups is 1. The van der Waals surface area contributed by atoms with E-state index in [2.05, 4.69) is 0 Å². The fraction of sp³-hybridized carbons (Fsp3) is 0.350. The van der Waals surface area contributed by atoms with Gasteiger partial charge in [0, 0.05) is 22.3 Å². The summed E-state index contributed by atoms with van der Waals surface area (Å²) in [6.07, 6.45) is -3.58. The van der Waals surface area contributed by atoms with E-state index in [1.165, 1.54) is 11.8 Å². The highest BCUT2D eigenvalue weighted by atomic mass is 32.2. The van der Waals surface area contributed by atoms with Crippen LogP contribution in [-0.4, -0.2) is 18.2 Å². The molecule has 0 saturated heterocycles. The number of ether oxygens (including phenoxy) is 1. The van der Waals surface area contributed by atoms with Gasteiger partial charge in [-0.1, -0.05) is 44.2 Å². The second kappa shape index (κ2) is 8.16. The summed E-state index contributed by atoms with van der Waals surface area (Å²) < 4.78 is 44.1. The maximum Gasteiger partial charge on any atom is 0.450 e. The van der Waals surface area contributed by atoms with Gasteiger partial charge in [-0.15, -0.1) is 11.8 Å². The van der Waals surface area contributed by atoms with Gasteiger partial charge >= 0.3 is 6.18 Å². The van der Waals surface area contributed by atoms with Crippen LogP contribution in [0, 0.1) is 0 Å². The predicted molar refractivity (Wildman–Crippen MR) is 97.7 cm³/mol. The minimum absolute atomic E-state index is 0.301. The number of halogens is 3. The number of hydrogen-bond acceptors (Lipinski definition) is 3. The summed E-state index contributed by atoms with van der Waals surface area (Å²) in [5.74, 6) is -1.24. The lowest BCUT2D eigenvalue weighted by Gasteiger charge is -2.28. The fourth-order valence-corrected chi connectivity index (χ4v) is 3.06. The summed E-state index contributed by atoms with van der Waals surface area (Å²) >= 11 is 1.48. The van der Waals surface area contributed by atoms with Crippen molar-refractivity contribution in [1.82, 2.24) is 0 Å². The van der Waals surface area contributed by atoms with Crippen molar-refractivity contribution in [3.05, 3.63) is 59.7 Å². The summed E-state index contributed by atoms with van der Waals surface area (Å²) in [4.78, 5) is 12.4. The monoisotopic (exact) mass is 382 g/mol. The zero-order valence-corrected chi connectivity index (χ0v) is 15.7. The van der Waals surface area contributed by atoms with E-state index in [1.54, 1.807) is 26.0 Å². The summed E-state index contributed by atoms with van der Waals surface area (Å²) in [6, 6.07) is 14.9. The van der Waals surface area contributed by atoms with Crippen molar-refractivity contribution in [2.24, 2.45) is 0 Å². The van der Waals surface area contributed by atoms with Crippen molar-refractivity contribution in [2.45, 2.75) is 43.4 Å². The van der Waals surface area contributed by atoms with Gasteiger partial charge in [0.1, 0.15) is 12.4 Å². The van der Waals surface area contributed by atoms with E-state index >= 15 is 0 Å². The molecule has 0 saturated carbocycles. The molecule has 26 heavy (non-hydrogen) atoms. The number of rotatable bonds is 7. The second-order valence-electron chi connectivity index (χ2n) is 6.62. The Morgan fingerprint density at radius 1 is 1.08 bits per heavy atom. The first-order valence-corrected chi connectivity index (χ1v) is 9.31. The third-order valence-electron chi connectivity index (χ3n) is 4.07. The van der Waals surface area contributed by atoms with E-state index in [0.717, 1.165) is 10.5 Å². The summed E-state index contributed by atoms with van der Waals surface area (Å²) in [7, 11) is 0. The molecule has 0 aromatic heterocycles. The van der Waals surface area contributed by atoms with Gasteiger partial charge in [0.25, 0.3) is 0 Å². The number of Topliss-reactive ketones (excluding diaryl/α,β-unsaturated/α-hetero) is 1. The van der Waals surface area contributed by atoms with Crippen LogP contribution in [-0.2, 0) is 16.8 Å². The highest BCUT2D eigenvalue weighted by molar-refractivity contribution is 7.98. The third-order valence-corrected chi connectivity index (χ3v) is 4.80. The van der Waals surface area contributed by atoms with Crippen molar-refractivity contribution >= 4 is 17.5 Å². The summed E-state index contributed by atoms with van der Waals surface area (Å²) in [5.41, 5.74) is 0.541. The third kappa shape index (κ3) is 5.27. The number of ketones is 1. The van der Waals surface area contributed by atoms with Crippen LogP contribution in [0.3, 0.4) is 0 Å². The molecule has 0 radical (unpaired) electrons. The molecule has 2 aromatic carbocycles. The largest absolute Gasteiger partial charge is 0.489 e. The maximum atomic E-state index is 12.7. The number of benzene rings is 2. The molecular formula is C20H21F3O2S. The quantitative estimate of drug-likeness (QED) is 0.567. The zero-order valence-electron chi connectivity index (χ0n) is 14.9. The topological polar surface area (TPSA) is 26.3 Å². The Hall–Kier alpha value is -1.95. The fourth-order valence-electron chi connectivity index (χ4n) is 2.62. The molecule has 0 aliphatic rings. The number of alkyl halides is 3. The van der Waals surface area contributed by atoms with Crippen molar-refractivity contribution < 1.29 is 22.7 Å². The Morgan fingerprint density at radius 2 is 1.73 bits per heavy atom. The maximum absolute atomic E-state index is 12.7. The van der Waals surface area contributed by atoms with Crippen LogP contribution in [0.25, 0.3) is 0 Å². The molecule has 0 amide bonds. The molecule has 2 nitrogen and oxygen atoms in total. The Labute approximate surface area is 155 Å². The van der Waals surface area contributed by atoms with Crippen molar-refractivity contribution in [3.8, 4) is 5.75 Å². The highest BCUT2D eigenvalue weighted by Gasteiger charge is 2.42. The van der Waals surface area contributed by atoms with Gasteiger partial charge in [-0.2, -0.15) is 13.2 Å². The molecule has 0 N–H and O–H groups in total. The minimum Gasteiger partial charge on any atom is -0.489 e. The van der Waals surface area contributed by atoms with E-state index in [9.17, 15) is 18.0 Å². The van der Waals surface area contributed by atoms with Crippen LogP contribution >= 0.6 is 11.8 Å². The molecule has 140 valence electrons. The van der Waals surface area contributed by atoms with Gasteiger partial charge in [-0.3, -0.25) is 4.79 Å². The van der Waals surface area contributed by atoms with Crippen LogP contribution in [0.2, 0.25) is 0 Å². The average Bonchev–Trinajstić information content (AvgIpc) is 2.59. The summed E-state index contributed by atoms with van der Waals surface area (Å²) in [5, 5.41) is 0. The van der Waals surface area contributed by atoms with Gasteiger partial charge in [-0.05, 0) is 30.0 Å². The summed E-state index contributed by atoms with van der Waals surface area (Å²) in [6.45, 7) is 3.56. The van der Waals surface area contributed by atoms with Gasteiger partial charge in [0.2, 0.25) is 5.78 Å². The first kappa shape index (κ1) is 20.4. The van der Waals surface area contributed by atoms with Crippen molar-refractivity contribution in [1.29, 1.82) is 0 Å². The van der Waals surface area contributed by atoms with Gasteiger partial charge in [-0.25, -0.2) is 0 Å². The average molecular weight is 382 g/mol. The van der Waals surface area contributed by atoms with Crippen LogP contribution in [0.15, 0.2) is 53.4 Å². The SMILES string of the molecule is CSc1ccc(OCc2ccccc2)c(C(C)(C)CC(=O)C(F)(F)F)c1. The Bertz CT molecular complexity index is 755. The molecule has 0 bridgehead atoms. The highest BCUT2D eigenvalue weighted by Crippen LogP contribution is 2.39. The Balaban J connectivity index is 2.30. The van der Waals surface area contributed by atoms with E-state index in [1.807, 2.05) is 42.7 Å². The first-order valence-electron chi connectivity index (χ1n) is 8.09. The van der Waals surface area contributed by atoms with E-state index in [4.69, 9.17) is 4.74 Å².